The van der Waals surface area contributed by atoms with Crippen molar-refractivity contribution in [1.82, 2.24) is 19.9 Å². The largest absolute Gasteiger partial charge is 2.00 e. The second-order valence-corrected chi connectivity index (χ2v) is 8.29. The molecule has 0 N–H and O–H groups in total. The van der Waals surface area contributed by atoms with Crippen LogP contribution >= 0.6 is 0 Å². The number of rotatable bonds is 2. The molecule has 6 aromatic rings. The monoisotopic (exact) mass is 533 g/mol. The Labute approximate surface area is 221 Å². The molecule has 0 aliphatic carbocycles. The standard InChI is InChI=1S/2C14H10N2O2.Co/c2*1-8-2-3-9-4-5-10-6-7-11(14(17)18)16-13(10)12(9)15-8;/h2*2-7H,1H3,(H,17,18);/q;;+2/p-2. The molecule has 0 saturated heterocycles. The van der Waals surface area contributed by atoms with E-state index < -0.39 is 11.9 Å². The summed E-state index contributed by atoms with van der Waals surface area (Å²) >= 11 is 0. The Kier molecular flexibility index (Phi) is 7.10. The van der Waals surface area contributed by atoms with Crippen molar-refractivity contribution >= 4 is 55.6 Å². The van der Waals surface area contributed by atoms with Crippen LogP contribution in [0, 0.1) is 13.8 Å². The fraction of sp³-hybridized carbons (Fsp3) is 0.0714. The van der Waals surface area contributed by atoms with Gasteiger partial charge < -0.3 is 19.8 Å². The van der Waals surface area contributed by atoms with Gasteiger partial charge in [-0.15, -0.1) is 0 Å². The molecular formula is C28H18CoN4O4. The van der Waals surface area contributed by atoms with Crippen LogP contribution in [0.3, 0.4) is 0 Å². The molecular weight excluding hydrogens is 515 g/mol. The van der Waals surface area contributed by atoms with Crippen molar-refractivity contribution in [1.29, 1.82) is 0 Å². The number of aromatic carboxylic acids is 2. The van der Waals surface area contributed by atoms with Gasteiger partial charge in [0.05, 0.1) is 45.4 Å². The second kappa shape index (κ2) is 10.3. The zero-order valence-corrected chi connectivity index (χ0v) is 20.7. The van der Waals surface area contributed by atoms with Gasteiger partial charge in [0.15, 0.2) is 0 Å². The van der Waals surface area contributed by atoms with Gasteiger partial charge in [0.2, 0.25) is 0 Å². The van der Waals surface area contributed by atoms with E-state index in [0.717, 1.165) is 44.0 Å². The third-order valence-electron chi connectivity index (χ3n) is 5.74. The maximum atomic E-state index is 10.9. The minimum absolute atomic E-state index is 0. The van der Waals surface area contributed by atoms with Gasteiger partial charge in [-0.25, -0.2) is 9.97 Å². The molecule has 0 saturated carbocycles. The van der Waals surface area contributed by atoms with E-state index in [9.17, 15) is 19.8 Å². The molecule has 0 amide bonds. The minimum atomic E-state index is -1.28. The first-order valence-electron chi connectivity index (χ1n) is 11.1. The predicted octanol–water partition coefficient (Wildman–Crippen LogP) is 2.91. The van der Waals surface area contributed by atoms with Crippen LogP contribution in [0.15, 0.2) is 72.8 Å². The summed E-state index contributed by atoms with van der Waals surface area (Å²) in [4.78, 5) is 38.8. The number of pyridine rings is 4. The third kappa shape index (κ3) is 5.08. The van der Waals surface area contributed by atoms with Gasteiger partial charge >= 0.3 is 16.8 Å². The number of hydrogen-bond donors (Lipinski definition) is 0. The Morgan fingerprint density at radius 1 is 0.486 bits per heavy atom. The summed E-state index contributed by atoms with van der Waals surface area (Å²) in [5.41, 5.74) is 4.23. The summed E-state index contributed by atoms with van der Waals surface area (Å²) < 4.78 is 0. The summed E-state index contributed by atoms with van der Waals surface area (Å²) in [6.07, 6.45) is 0. The molecule has 0 bridgehead atoms. The maximum Gasteiger partial charge on any atom is 2.00 e. The van der Waals surface area contributed by atoms with Crippen LogP contribution in [0.4, 0.5) is 0 Å². The van der Waals surface area contributed by atoms with Gasteiger partial charge in [-0.3, -0.25) is 9.97 Å². The van der Waals surface area contributed by atoms with E-state index in [2.05, 4.69) is 19.9 Å². The first-order chi connectivity index (χ1) is 17.3. The number of nitrogens with zero attached hydrogens (tertiary/aromatic N) is 4. The van der Waals surface area contributed by atoms with Crippen molar-refractivity contribution in [2.75, 3.05) is 0 Å². The number of carbonyl (C=O) groups excluding carboxylic acids is 2. The molecule has 0 unspecified atom stereocenters. The Morgan fingerprint density at radius 2 is 0.757 bits per heavy atom. The Balaban J connectivity index is 0.000000168. The van der Waals surface area contributed by atoms with E-state index in [1.54, 1.807) is 12.1 Å². The van der Waals surface area contributed by atoms with Gasteiger partial charge in [-0.2, -0.15) is 0 Å². The SMILES string of the molecule is Cc1ccc2ccc3ccc(C(=O)[O-])nc3c2n1.Cc1ccc2ccc3ccc(C(=O)[O-])nc3c2n1.[Co+2]. The molecule has 6 rings (SSSR count). The van der Waals surface area contributed by atoms with Crippen molar-refractivity contribution < 1.29 is 36.6 Å². The van der Waals surface area contributed by atoms with E-state index in [4.69, 9.17) is 0 Å². The van der Waals surface area contributed by atoms with Gasteiger partial charge in [-0.1, -0.05) is 48.5 Å². The molecule has 4 heterocycles. The van der Waals surface area contributed by atoms with Gasteiger partial charge in [-0.05, 0) is 38.1 Å². The van der Waals surface area contributed by atoms with Crippen molar-refractivity contribution in [3.63, 3.8) is 0 Å². The fourth-order valence-electron chi connectivity index (χ4n) is 3.96. The Hall–Kier alpha value is -4.47. The van der Waals surface area contributed by atoms with Crippen molar-refractivity contribution in [3.05, 3.63) is 95.6 Å². The average molecular weight is 533 g/mol. The summed E-state index contributed by atoms with van der Waals surface area (Å²) in [5.74, 6) is -2.55. The number of hydrogen-bond acceptors (Lipinski definition) is 8. The van der Waals surface area contributed by atoms with Crippen LogP contribution in [0.2, 0.25) is 0 Å². The zero-order valence-electron chi connectivity index (χ0n) is 19.7. The fourth-order valence-corrected chi connectivity index (χ4v) is 3.96. The second-order valence-electron chi connectivity index (χ2n) is 8.29. The molecule has 4 aromatic heterocycles. The number of fused-ring (bicyclic) bond motifs is 6. The average Bonchev–Trinajstić information content (AvgIpc) is 2.88. The third-order valence-corrected chi connectivity index (χ3v) is 5.74. The molecule has 1 radical (unpaired) electrons. The Morgan fingerprint density at radius 3 is 1.08 bits per heavy atom. The molecule has 0 atom stereocenters. The molecule has 37 heavy (non-hydrogen) atoms. The van der Waals surface area contributed by atoms with E-state index >= 15 is 0 Å². The van der Waals surface area contributed by atoms with E-state index in [0.29, 0.717) is 11.0 Å². The molecule has 183 valence electrons. The van der Waals surface area contributed by atoms with Gasteiger partial charge in [0.25, 0.3) is 0 Å². The zero-order chi connectivity index (χ0) is 25.4. The van der Waals surface area contributed by atoms with Crippen LogP contribution < -0.4 is 10.2 Å². The van der Waals surface area contributed by atoms with E-state index in [1.165, 1.54) is 12.1 Å². The molecule has 0 aliphatic heterocycles. The number of aromatic nitrogens is 4. The van der Waals surface area contributed by atoms with E-state index in [-0.39, 0.29) is 28.2 Å². The van der Waals surface area contributed by atoms with Crippen molar-refractivity contribution in [2.45, 2.75) is 13.8 Å². The number of carboxylic acids is 2. The summed E-state index contributed by atoms with van der Waals surface area (Å²) in [6, 6.07) is 21.8. The quantitative estimate of drug-likeness (QED) is 0.311. The molecule has 0 aliphatic rings. The normalized spacial score (nSPS) is 10.6. The van der Waals surface area contributed by atoms with Crippen LogP contribution in [-0.4, -0.2) is 31.9 Å². The van der Waals surface area contributed by atoms with Gasteiger partial charge in [0, 0.05) is 32.9 Å². The smallest absolute Gasteiger partial charge is 0.543 e. The summed E-state index contributed by atoms with van der Waals surface area (Å²) in [7, 11) is 0. The first-order valence-corrected chi connectivity index (χ1v) is 11.1. The molecule has 0 spiro atoms. The number of carboxylic acid groups (broad SMARTS) is 2. The van der Waals surface area contributed by atoms with Crippen molar-refractivity contribution in [3.8, 4) is 0 Å². The van der Waals surface area contributed by atoms with Crippen LogP contribution in [-0.2, 0) is 16.8 Å². The number of carbonyl (C=O) groups is 2. The Bertz CT molecular complexity index is 1700. The number of benzene rings is 2. The minimum Gasteiger partial charge on any atom is -0.543 e. The topological polar surface area (TPSA) is 132 Å². The van der Waals surface area contributed by atoms with Crippen molar-refractivity contribution in [2.24, 2.45) is 0 Å². The van der Waals surface area contributed by atoms with E-state index in [1.807, 2.05) is 62.4 Å². The van der Waals surface area contributed by atoms with Gasteiger partial charge in [0.1, 0.15) is 0 Å². The maximum absolute atomic E-state index is 10.9. The molecule has 9 heteroatoms. The summed E-state index contributed by atoms with van der Waals surface area (Å²) in [5, 5.41) is 25.3. The summed E-state index contributed by atoms with van der Waals surface area (Å²) in [6.45, 7) is 3.78. The van der Waals surface area contributed by atoms with Crippen LogP contribution in [0.1, 0.15) is 32.4 Å². The predicted molar refractivity (Wildman–Crippen MR) is 132 cm³/mol. The molecule has 8 nitrogen and oxygen atoms in total. The molecule has 2 aromatic carbocycles. The molecule has 0 fully saturated rings. The van der Waals surface area contributed by atoms with Crippen LogP contribution in [0.25, 0.3) is 43.6 Å². The number of aryl methyl sites for hydroxylation is 2. The van der Waals surface area contributed by atoms with Crippen LogP contribution in [0.5, 0.6) is 0 Å². The first kappa shape index (κ1) is 25.6.